The SMILES string of the molecule is Cc1cc(NC(=O)C2(c3ccccc3Cl)CCOCC2)ccc1OC1CCCC1. The molecule has 0 spiro atoms. The van der Waals surface area contributed by atoms with Gasteiger partial charge in [0, 0.05) is 23.9 Å². The number of carbonyl (C=O) groups excluding carboxylic acids is 1. The van der Waals surface area contributed by atoms with Crippen LogP contribution in [0.2, 0.25) is 5.02 Å². The normalized spacial score (nSPS) is 19.1. The van der Waals surface area contributed by atoms with Crippen LogP contribution >= 0.6 is 11.6 Å². The molecule has 1 saturated heterocycles. The number of hydrogen-bond acceptors (Lipinski definition) is 3. The summed E-state index contributed by atoms with van der Waals surface area (Å²) in [5.41, 5.74) is 2.02. The van der Waals surface area contributed by atoms with Crippen molar-refractivity contribution in [1.29, 1.82) is 0 Å². The lowest BCUT2D eigenvalue weighted by Crippen LogP contribution is -2.45. The molecule has 2 fully saturated rings. The molecule has 0 unspecified atom stereocenters. The molecular formula is C24H28ClNO3. The molecule has 2 aromatic carbocycles. The van der Waals surface area contributed by atoms with E-state index < -0.39 is 5.41 Å². The van der Waals surface area contributed by atoms with E-state index in [1.807, 2.05) is 49.4 Å². The van der Waals surface area contributed by atoms with Crippen molar-refractivity contribution in [2.24, 2.45) is 0 Å². The third-order valence-corrected chi connectivity index (χ3v) is 6.53. The van der Waals surface area contributed by atoms with Crippen LogP contribution in [0.1, 0.15) is 49.7 Å². The van der Waals surface area contributed by atoms with Crippen LogP contribution in [-0.2, 0) is 14.9 Å². The minimum absolute atomic E-state index is 0.0299. The minimum Gasteiger partial charge on any atom is -0.490 e. The standard InChI is InChI=1S/C24H28ClNO3/c1-17-16-18(10-11-22(17)29-19-6-2-3-7-19)26-23(27)24(12-14-28-15-13-24)20-8-4-5-9-21(20)25/h4-5,8-11,16,19H,2-3,6-7,12-15H2,1H3,(H,26,27). The first-order valence-corrected chi connectivity index (χ1v) is 10.9. The largest absolute Gasteiger partial charge is 0.490 e. The molecule has 5 heteroatoms. The van der Waals surface area contributed by atoms with E-state index in [-0.39, 0.29) is 5.91 Å². The second-order valence-electron chi connectivity index (χ2n) is 8.13. The maximum Gasteiger partial charge on any atom is 0.235 e. The van der Waals surface area contributed by atoms with E-state index in [0.29, 0.717) is 37.2 Å². The molecule has 154 valence electrons. The number of aryl methyl sites for hydroxylation is 1. The lowest BCUT2D eigenvalue weighted by atomic mass is 9.73. The fourth-order valence-corrected chi connectivity index (χ4v) is 4.80. The molecule has 1 N–H and O–H groups in total. The van der Waals surface area contributed by atoms with Crippen LogP contribution in [0, 0.1) is 6.92 Å². The molecule has 0 atom stereocenters. The number of hydrogen-bond donors (Lipinski definition) is 1. The molecule has 2 aliphatic rings. The Morgan fingerprint density at radius 1 is 1.14 bits per heavy atom. The van der Waals surface area contributed by atoms with Crippen molar-refractivity contribution in [3.8, 4) is 5.75 Å². The average molecular weight is 414 g/mol. The third kappa shape index (κ3) is 4.29. The smallest absolute Gasteiger partial charge is 0.235 e. The van der Waals surface area contributed by atoms with Crippen molar-refractivity contribution in [2.45, 2.75) is 57.0 Å². The summed E-state index contributed by atoms with van der Waals surface area (Å²) in [6.07, 6.45) is 6.28. The number of carbonyl (C=O) groups is 1. The Bertz CT molecular complexity index is 870. The van der Waals surface area contributed by atoms with Gasteiger partial charge in [-0.05, 0) is 80.8 Å². The third-order valence-electron chi connectivity index (χ3n) is 6.20. The molecule has 1 saturated carbocycles. The summed E-state index contributed by atoms with van der Waals surface area (Å²) in [4.78, 5) is 13.5. The Morgan fingerprint density at radius 2 is 1.86 bits per heavy atom. The zero-order chi connectivity index (χ0) is 20.3. The molecule has 1 aliphatic heterocycles. The van der Waals surface area contributed by atoms with Gasteiger partial charge in [-0.25, -0.2) is 0 Å². The van der Waals surface area contributed by atoms with Gasteiger partial charge in [0.15, 0.2) is 0 Å². The number of rotatable bonds is 5. The summed E-state index contributed by atoms with van der Waals surface area (Å²) in [5, 5.41) is 3.76. The van der Waals surface area contributed by atoms with Crippen molar-refractivity contribution in [3.63, 3.8) is 0 Å². The van der Waals surface area contributed by atoms with Crippen LogP contribution in [0.3, 0.4) is 0 Å². The fraction of sp³-hybridized carbons (Fsp3) is 0.458. The summed E-state index contributed by atoms with van der Waals surface area (Å²) < 4.78 is 11.7. The maximum atomic E-state index is 13.5. The number of halogens is 1. The van der Waals surface area contributed by atoms with Crippen LogP contribution < -0.4 is 10.1 Å². The van der Waals surface area contributed by atoms with Crippen molar-refractivity contribution < 1.29 is 14.3 Å². The summed E-state index contributed by atoms with van der Waals surface area (Å²) in [6, 6.07) is 13.5. The van der Waals surface area contributed by atoms with E-state index in [9.17, 15) is 4.79 Å². The highest BCUT2D eigenvalue weighted by molar-refractivity contribution is 6.31. The van der Waals surface area contributed by atoms with Gasteiger partial charge in [-0.1, -0.05) is 29.8 Å². The summed E-state index contributed by atoms with van der Waals surface area (Å²) in [5.74, 6) is 0.875. The van der Waals surface area contributed by atoms with Gasteiger partial charge in [-0.15, -0.1) is 0 Å². The fourth-order valence-electron chi connectivity index (χ4n) is 4.48. The molecule has 0 bridgehead atoms. The van der Waals surface area contributed by atoms with E-state index in [0.717, 1.165) is 35.4 Å². The van der Waals surface area contributed by atoms with Gasteiger partial charge in [-0.2, -0.15) is 0 Å². The van der Waals surface area contributed by atoms with Gasteiger partial charge in [0.25, 0.3) is 0 Å². The Balaban J connectivity index is 1.55. The molecule has 4 nitrogen and oxygen atoms in total. The van der Waals surface area contributed by atoms with E-state index in [1.165, 1.54) is 12.8 Å². The number of benzene rings is 2. The van der Waals surface area contributed by atoms with Crippen LogP contribution in [-0.4, -0.2) is 25.2 Å². The molecule has 0 aromatic heterocycles. The Hall–Kier alpha value is -2.04. The second kappa shape index (κ2) is 8.76. The first kappa shape index (κ1) is 20.2. The molecule has 1 heterocycles. The predicted octanol–water partition coefficient (Wildman–Crippen LogP) is 5.66. The monoisotopic (exact) mass is 413 g/mol. The van der Waals surface area contributed by atoms with Crippen LogP contribution in [0.4, 0.5) is 5.69 Å². The number of anilines is 1. The molecule has 4 rings (SSSR count). The first-order chi connectivity index (χ1) is 14.1. The Kier molecular flexibility index (Phi) is 6.12. The van der Waals surface area contributed by atoms with E-state index in [2.05, 4.69) is 5.32 Å². The highest BCUT2D eigenvalue weighted by atomic mass is 35.5. The van der Waals surface area contributed by atoms with Gasteiger partial charge in [0.05, 0.1) is 11.5 Å². The molecule has 0 radical (unpaired) electrons. The lowest BCUT2D eigenvalue weighted by Gasteiger charge is -2.36. The number of ether oxygens (including phenoxy) is 2. The summed E-state index contributed by atoms with van der Waals surface area (Å²) in [6.45, 7) is 3.12. The summed E-state index contributed by atoms with van der Waals surface area (Å²) >= 11 is 6.48. The maximum absolute atomic E-state index is 13.5. The molecular weight excluding hydrogens is 386 g/mol. The van der Waals surface area contributed by atoms with Gasteiger partial charge < -0.3 is 14.8 Å². The minimum atomic E-state index is -0.677. The number of amides is 1. The van der Waals surface area contributed by atoms with Gasteiger partial charge >= 0.3 is 0 Å². The predicted molar refractivity (Wildman–Crippen MR) is 116 cm³/mol. The molecule has 1 aliphatic carbocycles. The van der Waals surface area contributed by atoms with Crippen LogP contribution in [0.25, 0.3) is 0 Å². The van der Waals surface area contributed by atoms with Gasteiger partial charge in [-0.3, -0.25) is 4.79 Å². The molecule has 2 aromatic rings. The van der Waals surface area contributed by atoms with Crippen molar-refractivity contribution in [1.82, 2.24) is 0 Å². The molecule has 1 amide bonds. The van der Waals surface area contributed by atoms with Crippen LogP contribution in [0.15, 0.2) is 42.5 Å². The highest BCUT2D eigenvalue weighted by Crippen LogP contribution is 2.40. The zero-order valence-electron chi connectivity index (χ0n) is 16.9. The Labute approximate surface area is 177 Å². The topological polar surface area (TPSA) is 47.6 Å². The van der Waals surface area contributed by atoms with E-state index >= 15 is 0 Å². The van der Waals surface area contributed by atoms with E-state index in [4.69, 9.17) is 21.1 Å². The lowest BCUT2D eigenvalue weighted by molar-refractivity contribution is -0.125. The van der Waals surface area contributed by atoms with E-state index in [1.54, 1.807) is 0 Å². The summed E-state index contributed by atoms with van der Waals surface area (Å²) in [7, 11) is 0. The van der Waals surface area contributed by atoms with Crippen molar-refractivity contribution >= 4 is 23.2 Å². The zero-order valence-corrected chi connectivity index (χ0v) is 17.6. The Morgan fingerprint density at radius 3 is 2.55 bits per heavy atom. The van der Waals surface area contributed by atoms with Crippen molar-refractivity contribution in [3.05, 3.63) is 58.6 Å². The second-order valence-corrected chi connectivity index (χ2v) is 8.54. The van der Waals surface area contributed by atoms with Gasteiger partial charge in [0.2, 0.25) is 5.91 Å². The average Bonchev–Trinajstić information content (AvgIpc) is 3.24. The van der Waals surface area contributed by atoms with Gasteiger partial charge in [0.1, 0.15) is 5.75 Å². The highest BCUT2D eigenvalue weighted by Gasteiger charge is 2.43. The first-order valence-electron chi connectivity index (χ1n) is 10.5. The quantitative estimate of drug-likeness (QED) is 0.688. The van der Waals surface area contributed by atoms with Crippen molar-refractivity contribution in [2.75, 3.05) is 18.5 Å². The van der Waals surface area contributed by atoms with Crippen LogP contribution in [0.5, 0.6) is 5.75 Å². The molecule has 29 heavy (non-hydrogen) atoms. The number of nitrogens with one attached hydrogen (secondary N) is 1.